The van der Waals surface area contributed by atoms with E-state index in [1.807, 2.05) is 0 Å². The van der Waals surface area contributed by atoms with Crippen molar-refractivity contribution >= 4 is 0 Å². The quantitative estimate of drug-likeness (QED) is 0.700. The number of hydrogen-bond donors (Lipinski definition) is 1. The smallest absolute Gasteiger partial charge is 0.0230 e. The molecule has 1 saturated heterocycles. The van der Waals surface area contributed by atoms with Crippen LogP contribution in [0.15, 0.2) is 0 Å². The van der Waals surface area contributed by atoms with Crippen molar-refractivity contribution in [3.63, 3.8) is 0 Å². The first-order valence-corrected chi connectivity index (χ1v) is 5.83. The van der Waals surface area contributed by atoms with Crippen LogP contribution in [0.3, 0.4) is 0 Å². The number of nitrogens with one attached hydrogen (secondary N) is 1. The predicted octanol–water partition coefficient (Wildman–Crippen LogP) is 0.622. The van der Waals surface area contributed by atoms with Gasteiger partial charge in [-0.15, -0.1) is 0 Å². The number of likely N-dealkylation sites (N-methyl/N-ethyl adjacent to an activating group) is 1. The van der Waals surface area contributed by atoms with Crippen LogP contribution in [0.25, 0.3) is 0 Å². The molecule has 0 bridgehead atoms. The number of rotatable bonds is 5. The van der Waals surface area contributed by atoms with Crippen LogP contribution in [-0.4, -0.2) is 62.7 Å². The van der Waals surface area contributed by atoms with Crippen LogP contribution in [-0.2, 0) is 0 Å². The lowest BCUT2D eigenvalue weighted by Crippen LogP contribution is -2.50. The van der Waals surface area contributed by atoms with E-state index in [2.05, 4.69) is 36.1 Å². The van der Waals surface area contributed by atoms with Crippen LogP contribution in [0, 0.1) is 0 Å². The van der Waals surface area contributed by atoms with Crippen molar-refractivity contribution < 1.29 is 0 Å². The van der Waals surface area contributed by atoms with Crippen LogP contribution < -0.4 is 5.32 Å². The summed E-state index contributed by atoms with van der Waals surface area (Å²) in [5.74, 6) is 0. The van der Waals surface area contributed by atoms with E-state index < -0.39 is 0 Å². The van der Waals surface area contributed by atoms with Crippen molar-refractivity contribution in [2.45, 2.75) is 25.8 Å². The van der Waals surface area contributed by atoms with Gasteiger partial charge in [-0.2, -0.15) is 0 Å². The molecule has 1 aliphatic rings. The third kappa shape index (κ3) is 3.95. The van der Waals surface area contributed by atoms with Gasteiger partial charge in [0.2, 0.25) is 0 Å². The first-order valence-electron chi connectivity index (χ1n) is 5.83. The van der Waals surface area contributed by atoms with E-state index in [9.17, 15) is 0 Å². The van der Waals surface area contributed by atoms with Gasteiger partial charge in [0.05, 0.1) is 0 Å². The van der Waals surface area contributed by atoms with Gasteiger partial charge in [0.1, 0.15) is 0 Å². The van der Waals surface area contributed by atoms with E-state index in [4.69, 9.17) is 0 Å². The molecule has 0 aliphatic carbocycles. The van der Waals surface area contributed by atoms with Gasteiger partial charge in [-0.1, -0.05) is 6.92 Å². The molecule has 1 rings (SSSR count). The van der Waals surface area contributed by atoms with E-state index >= 15 is 0 Å². The first kappa shape index (κ1) is 12.0. The fourth-order valence-electron chi connectivity index (χ4n) is 2.05. The van der Waals surface area contributed by atoms with Crippen molar-refractivity contribution in [2.75, 3.05) is 46.8 Å². The van der Waals surface area contributed by atoms with Gasteiger partial charge in [-0.3, -0.25) is 0 Å². The van der Waals surface area contributed by atoms with E-state index in [1.54, 1.807) is 0 Å². The van der Waals surface area contributed by atoms with Crippen LogP contribution in [0.1, 0.15) is 19.8 Å². The zero-order chi connectivity index (χ0) is 10.4. The molecule has 0 aromatic heterocycles. The van der Waals surface area contributed by atoms with Crippen LogP contribution in [0.2, 0.25) is 0 Å². The molecule has 3 nitrogen and oxygen atoms in total. The topological polar surface area (TPSA) is 18.5 Å². The maximum Gasteiger partial charge on any atom is 0.0230 e. The lowest BCUT2D eigenvalue weighted by atomic mass is 10.1. The van der Waals surface area contributed by atoms with Crippen molar-refractivity contribution in [3.05, 3.63) is 0 Å². The Bertz CT molecular complexity index is 149. The van der Waals surface area contributed by atoms with Gasteiger partial charge in [-0.25, -0.2) is 0 Å². The third-order valence-electron chi connectivity index (χ3n) is 3.09. The second-order valence-electron chi connectivity index (χ2n) is 4.43. The summed E-state index contributed by atoms with van der Waals surface area (Å²) in [5.41, 5.74) is 0. The maximum atomic E-state index is 3.46. The molecule has 0 amide bonds. The molecular formula is C11H25N3. The van der Waals surface area contributed by atoms with Gasteiger partial charge in [0.25, 0.3) is 0 Å². The fraction of sp³-hybridized carbons (Fsp3) is 1.00. The van der Waals surface area contributed by atoms with Gasteiger partial charge in [0, 0.05) is 25.7 Å². The molecule has 1 heterocycles. The number of nitrogens with zero attached hydrogens (tertiary/aromatic N) is 2. The van der Waals surface area contributed by atoms with Crippen LogP contribution in [0.5, 0.6) is 0 Å². The lowest BCUT2D eigenvalue weighted by Gasteiger charge is -2.34. The molecule has 1 aliphatic heterocycles. The molecular weight excluding hydrogens is 174 g/mol. The van der Waals surface area contributed by atoms with Gasteiger partial charge in [0.15, 0.2) is 0 Å². The summed E-state index contributed by atoms with van der Waals surface area (Å²) in [6, 6.07) is 0.739. The SMILES string of the molecule is CCCN(C)CCC1CNCCN1C. The minimum absolute atomic E-state index is 0.739. The zero-order valence-corrected chi connectivity index (χ0v) is 9.92. The molecule has 14 heavy (non-hydrogen) atoms. The Morgan fingerprint density at radius 3 is 2.86 bits per heavy atom. The Morgan fingerprint density at radius 2 is 2.21 bits per heavy atom. The van der Waals surface area contributed by atoms with E-state index in [0.29, 0.717) is 0 Å². The Balaban J connectivity index is 2.15. The predicted molar refractivity (Wildman–Crippen MR) is 61.7 cm³/mol. The van der Waals surface area contributed by atoms with Crippen molar-refractivity contribution in [3.8, 4) is 0 Å². The summed E-state index contributed by atoms with van der Waals surface area (Å²) in [4.78, 5) is 4.92. The van der Waals surface area contributed by atoms with E-state index in [0.717, 1.165) is 19.1 Å². The monoisotopic (exact) mass is 199 g/mol. The van der Waals surface area contributed by atoms with Gasteiger partial charge in [-0.05, 0) is 40.0 Å². The van der Waals surface area contributed by atoms with Crippen LogP contribution >= 0.6 is 0 Å². The average molecular weight is 199 g/mol. The van der Waals surface area contributed by atoms with Gasteiger partial charge >= 0.3 is 0 Å². The largest absolute Gasteiger partial charge is 0.314 e. The highest BCUT2D eigenvalue weighted by molar-refractivity contribution is 4.77. The maximum absolute atomic E-state index is 3.46. The molecule has 0 spiro atoms. The van der Waals surface area contributed by atoms with E-state index in [1.165, 1.54) is 32.5 Å². The molecule has 1 atom stereocenters. The highest BCUT2D eigenvalue weighted by atomic mass is 15.2. The summed E-state index contributed by atoms with van der Waals surface area (Å²) in [7, 11) is 4.46. The molecule has 0 saturated carbocycles. The average Bonchev–Trinajstić information content (AvgIpc) is 2.17. The molecule has 3 heteroatoms. The van der Waals surface area contributed by atoms with Gasteiger partial charge < -0.3 is 15.1 Å². The molecule has 1 N–H and O–H groups in total. The number of hydrogen-bond acceptors (Lipinski definition) is 3. The minimum atomic E-state index is 0.739. The Kier molecular flexibility index (Phi) is 5.45. The first-order chi connectivity index (χ1) is 6.74. The second-order valence-corrected chi connectivity index (χ2v) is 4.43. The fourth-order valence-corrected chi connectivity index (χ4v) is 2.05. The summed E-state index contributed by atoms with van der Waals surface area (Å²) >= 11 is 0. The molecule has 1 fully saturated rings. The second kappa shape index (κ2) is 6.38. The summed E-state index contributed by atoms with van der Waals surface area (Å²) in [5, 5.41) is 3.46. The molecule has 0 aromatic rings. The summed E-state index contributed by atoms with van der Waals surface area (Å²) in [6.07, 6.45) is 2.55. The molecule has 0 aromatic carbocycles. The highest BCUT2D eigenvalue weighted by Crippen LogP contribution is 2.05. The highest BCUT2D eigenvalue weighted by Gasteiger charge is 2.18. The Morgan fingerprint density at radius 1 is 1.43 bits per heavy atom. The standard InChI is InChI=1S/C11H25N3/c1-4-7-13(2)8-5-11-10-12-6-9-14(11)3/h11-12H,4-10H2,1-3H3. The van der Waals surface area contributed by atoms with Crippen molar-refractivity contribution in [1.29, 1.82) is 0 Å². The summed E-state index contributed by atoms with van der Waals surface area (Å²) in [6.45, 7) is 8.20. The normalized spacial score (nSPS) is 24.4. The molecule has 84 valence electrons. The van der Waals surface area contributed by atoms with Crippen molar-refractivity contribution in [2.24, 2.45) is 0 Å². The zero-order valence-electron chi connectivity index (χ0n) is 9.92. The molecule has 0 radical (unpaired) electrons. The lowest BCUT2D eigenvalue weighted by molar-refractivity contribution is 0.173. The number of piperazine rings is 1. The van der Waals surface area contributed by atoms with Crippen LogP contribution in [0.4, 0.5) is 0 Å². The minimum Gasteiger partial charge on any atom is -0.314 e. The van der Waals surface area contributed by atoms with E-state index in [-0.39, 0.29) is 0 Å². The Labute approximate surface area is 88.5 Å². The molecule has 1 unspecified atom stereocenters. The third-order valence-corrected chi connectivity index (χ3v) is 3.09. The van der Waals surface area contributed by atoms with Crippen molar-refractivity contribution in [1.82, 2.24) is 15.1 Å². The Hall–Kier alpha value is -0.120. The summed E-state index contributed by atoms with van der Waals surface area (Å²) < 4.78 is 0.